The van der Waals surface area contributed by atoms with Gasteiger partial charge in [0.25, 0.3) is 0 Å². The van der Waals surface area contributed by atoms with E-state index in [1.807, 2.05) is 54.2 Å². The van der Waals surface area contributed by atoms with Crippen molar-refractivity contribution in [2.45, 2.75) is 18.4 Å². The normalized spacial score (nSPS) is 16.7. The first-order chi connectivity index (χ1) is 18.5. The van der Waals surface area contributed by atoms with Crippen LogP contribution in [0.4, 0.5) is 5.69 Å². The number of nitriles is 1. The minimum Gasteiger partial charge on any atom is -0.493 e. The molecule has 0 aliphatic carbocycles. The molecule has 5 aromatic rings. The van der Waals surface area contributed by atoms with Gasteiger partial charge in [-0.1, -0.05) is 35.9 Å². The summed E-state index contributed by atoms with van der Waals surface area (Å²) in [6.07, 6.45) is 7.40. The molecular weight excluding hydrogens is 502 g/mol. The molecule has 1 aliphatic heterocycles. The molecule has 1 atom stereocenters. The number of aryl methyl sites for hydroxylation is 1. The second kappa shape index (κ2) is 9.49. The molecule has 1 amide bonds. The largest absolute Gasteiger partial charge is 0.493 e. The molecule has 3 aromatic heterocycles. The van der Waals surface area contributed by atoms with Gasteiger partial charge in [-0.3, -0.25) is 9.78 Å². The molecule has 0 radical (unpaired) electrons. The quantitative estimate of drug-likeness (QED) is 0.344. The van der Waals surface area contributed by atoms with Gasteiger partial charge in [-0.25, -0.2) is 4.52 Å². The van der Waals surface area contributed by atoms with Gasteiger partial charge in [0, 0.05) is 60.3 Å². The van der Waals surface area contributed by atoms with Crippen molar-refractivity contribution in [1.29, 1.82) is 5.26 Å². The number of pyridine rings is 1. The molecule has 190 valence electrons. The number of halogens is 1. The maximum Gasteiger partial charge on any atom is 0.236 e. The zero-order chi connectivity index (χ0) is 26.3. The van der Waals surface area contributed by atoms with E-state index >= 15 is 0 Å². The van der Waals surface area contributed by atoms with Gasteiger partial charge in [0.2, 0.25) is 5.91 Å². The zero-order valence-electron chi connectivity index (χ0n) is 20.6. The van der Waals surface area contributed by atoms with Gasteiger partial charge in [-0.15, -0.1) is 0 Å². The first kappa shape index (κ1) is 24.0. The summed E-state index contributed by atoms with van der Waals surface area (Å²) in [6.45, 7) is 1.15. The summed E-state index contributed by atoms with van der Waals surface area (Å²) in [5.41, 5.74) is 2.53. The van der Waals surface area contributed by atoms with E-state index in [1.54, 1.807) is 29.2 Å². The molecular formula is C28H24ClN7O2. The van der Waals surface area contributed by atoms with Crippen LogP contribution in [0.2, 0.25) is 5.02 Å². The second-order valence-electron chi connectivity index (χ2n) is 9.42. The fourth-order valence-electron chi connectivity index (χ4n) is 5.26. The number of imidazole rings is 1. The molecule has 4 heterocycles. The van der Waals surface area contributed by atoms with Crippen LogP contribution in [0.3, 0.4) is 0 Å². The van der Waals surface area contributed by atoms with Crippen molar-refractivity contribution in [3.8, 4) is 11.8 Å². The molecule has 0 saturated heterocycles. The molecule has 1 unspecified atom stereocenters. The van der Waals surface area contributed by atoms with Crippen molar-refractivity contribution < 1.29 is 9.53 Å². The molecule has 2 aromatic carbocycles. The van der Waals surface area contributed by atoms with Gasteiger partial charge in [-0.2, -0.15) is 10.4 Å². The Kier molecular flexibility index (Phi) is 5.98. The average Bonchev–Trinajstić information content (AvgIpc) is 3.50. The third kappa shape index (κ3) is 3.95. The Morgan fingerprint density at radius 3 is 2.97 bits per heavy atom. The highest BCUT2D eigenvalue weighted by atomic mass is 35.5. The summed E-state index contributed by atoms with van der Waals surface area (Å²) in [5, 5.41) is 22.8. The molecule has 0 fully saturated rings. The van der Waals surface area contributed by atoms with Crippen molar-refractivity contribution in [3.63, 3.8) is 0 Å². The van der Waals surface area contributed by atoms with Crippen molar-refractivity contribution in [3.05, 3.63) is 89.1 Å². The summed E-state index contributed by atoms with van der Waals surface area (Å²) in [7, 11) is 1.88. The first-order valence-electron chi connectivity index (χ1n) is 12.2. The molecule has 2 N–H and O–H groups in total. The molecule has 1 aliphatic rings. The molecule has 10 heteroatoms. The minimum absolute atomic E-state index is 0.168. The Labute approximate surface area is 223 Å². The molecule has 0 saturated carbocycles. The van der Waals surface area contributed by atoms with Gasteiger partial charge >= 0.3 is 0 Å². The van der Waals surface area contributed by atoms with E-state index in [1.165, 1.54) is 0 Å². The Morgan fingerprint density at radius 2 is 2.11 bits per heavy atom. The highest BCUT2D eigenvalue weighted by molar-refractivity contribution is 6.30. The summed E-state index contributed by atoms with van der Waals surface area (Å²) in [6, 6.07) is 15.4. The number of amides is 1. The summed E-state index contributed by atoms with van der Waals surface area (Å²) in [4.78, 5) is 18.5. The third-order valence-corrected chi connectivity index (χ3v) is 7.38. The maximum atomic E-state index is 14.2. The van der Waals surface area contributed by atoms with Crippen LogP contribution in [-0.2, 0) is 23.8 Å². The van der Waals surface area contributed by atoms with Crippen LogP contribution in [0.15, 0.2) is 67.3 Å². The van der Waals surface area contributed by atoms with Crippen molar-refractivity contribution in [1.82, 2.24) is 24.5 Å². The number of ether oxygens (including phenoxy) is 1. The van der Waals surface area contributed by atoms with Gasteiger partial charge in [0.15, 0.2) is 5.65 Å². The van der Waals surface area contributed by atoms with E-state index in [2.05, 4.69) is 26.8 Å². The summed E-state index contributed by atoms with van der Waals surface area (Å²) in [5.74, 6) is 0.473. The van der Waals surface area contributed by atoms with Crippen LogP contribution in [0.1, 0.15) is 23.2 Å². The Balaban J connectivity index is 1.35. The van der Waals surface area contributed by atoms with E-state index in [9.17, 15) is 10.1 Å². The minimum atomic E-state index is -0.953. The molecule has 38 heavy (non-hydrogen) atoms. The van der Waals surface area contributed by atoms with Crippen molar-refractivity contribution in [2.75, 3.05) is 18.5 Å². The van der Waals surface area contributed by atoms with Gasteiger partial charge in [-0.05, 0) is 18.2 Å². The molecule has 9 nitrogen and oxygen atoms in total. The van der Waals surface area contributed by atoms with Crippen LogP contribution >= 0.6 is 11.6 Å². The molecule has 0 bridgehead atoms. The lowest BCUT2D eigenvalue weighted by atomic mass is 9.74. The van der Waals surface area contributed by atoms with E-state index in [-0.39, 0.29) is 5.91 Å². The number of fused-ring (bicyclic) bond motifs is 3. The predicted molar refractivity (Wildman–Crippen MR) is 144 cm³/mol. The number of nitrogens with one attached hydrogen (secondary N) is 2. The number of hydrogen-bond acceptors (Lipinski definition) is 6. The lowest BCUT2D eigenvalue weighted by Gasteiger charge is -2.38. The molecule has 6 rings (SSSR count). The van der Waals surface area contributed by atoms with Crippen LogP contribution in [0.5, 0.6) is 5.75 Å². The lowest BCUT2D eigenvalue weighted by molar-refractivity contribution is -0.122. The fraction of sp³-hybridized carbons (Fsp3) is 0.214. The lowest BCUT2D eigenvalue weighted by Crippen LogP contribution is -2.50. The van der Waals surface area contributed by atoms with Crippen molar-refractivity contribution >= 4 is 39.6 Å². The average molecular weight is 526 g/mol. The van der Waals surface area contributed by atoms with Crippen LogP contribution in [0.25, 0.3) is 16.4 Å². The van der Waals surface area contributed by atoms with Crippen molar-refractivity contribution in [2.24, 2.45) is 7.05 Å². The van der Waals surface area contributed by atoms with E-state index < -0.39 is 5.41 Å². The smallest absolute Gasteiger partial charge is 0.236 e. The number of aromatic nitrogens is 4. The van der Waals surface area contributed by atoms with E-state index in [0.717, 1.165) is 27.7 Å². The monoisotopic (exact) mass is 525 g/mol. The SMILES string of the molecule is Cn1cc(CNCC2(C(=O)Nc3cncc4ccccc34)CCOc3ccc(Cl)cc32)n2ncc(C#N)c12. The topological polar surface area (TPSA) is 109 Å². The van der Waals surface area contributed by atoms with Crippen LogP contribution in [0, 0.1) is 11.3 Å². The van der Waals surface area contributed by atoms with Crippen LogP contribution in [-0.4, -0.2) is 38.2 Å². The standard InChI is InChI=1S/C28H24ClN7O2/c1-35-16-21(36-26(35)19(11-30)13-33-36)14-32-17-28(8-9-38-25-7-6-20(29)10-23(25)28)27(37)34-24-15-31-12-18-4-2-3-5-22(18)24/h2-7,10,12-13,15-16,32H,8-9,14,17H2,1H3,(H,34,37). The fourth-order valence-corrected chi connectivity index (χ4v) is 5.44. The summed E-state index contributed by atoms with van der Waals surface area (Å²) < 4.78 is 9.54. The third-order valence-electron chi connectivity index (χ3n) is 7.14. The van der Waals surface area contributed by atoms with Gasteiger partial charge in [0.05, 0.1) is 35.8 Å². The maximum absolute atomic E-state index is 14.2. The number of anilines is 1. The Hall–Kier alpha value is -4.39. The number of carbonyl (C=O) groups excluding carboxylic acids is 1. The number of benzene rings is 2. The Morgan fingerprint density at radius 1 is 1.24 bits per heavy atom. The molecule has 0 spiro atoms. The highest BCUT2D eigenvalue weighted by Crippen LogP contribution is 2.41. The van der Waals surface area contributed by atoms with Gasteiger partial charge in [0.1, 0.15) is 17.4 Å². The number of hydrogen-bond donors (Lipinski definition) is 2. The predicted octanol–water partition coefficient (Wildman–Crippen LogP) is 4.19. The zero-order valence-corrected chi connectivity index (χ0v) is 21.4. The van der Waals surface area contributed by atoms with E-state index in [0.29, 0.717) is 48.1 Å². The first-order valence-corrected chi connectivity index (χ1v) is 12.6. The number of nitrogens with zero attached hydrogens (tertiary/aromatic N) is 5. The van der Waals surface area contributed by atoms with Gasteiger partial charge < -0.3 is 19.9 Å². The Bertz CT molecular complexity index is 1730. The number of rotatable bonds is 6. The number of carbonyl (C=O) groups is 1. The highest BCUT2D eigenvalue weighted by Gasteiger charge is 2.44. The summed E-state index contributed by atoms with van der Waals surface area (Å²) >= 11 is 6.40. The van der Waals surface area contributed by atoms with Crippen LogP contribution < -0.4 is 15.4 Å². The van der Waals surface area contributed by atoms with E-state index in [4.69, 9.17) is 16.3 Å². The second-order valence-corrected chi connectivity index (χ2v) is 9.86.